The van der Waals surface area contributed by atoms with Gasteiger partial charge < -0.3 is 0 Å². The molecule has 0 fully saturated rings. The average molecular weight is 471 g/mol. The Morgan fingerprint density at radius 3 is 1.00 bits per heavy atom. The summed E-state index contributed by atoms with van der Waals surface area (Å²) in [5, 5.41) is 4.21. The largest absolute Gasteiger partial charge is 0.294 e. The number of hydrogen-bond donors (Lipinski definition) is 2. The highest BCUT2D eigenvalue weighted by molar-refractivity contribution is 5.73. The highest BCUT2D eigenvalue weighted by Gasteiger charge is 2.13. The van der Waals surface area contributed by atoms with Gasteiger partial charge in [-0.25, -0.2) is 0 Å². The van der Waals surface area contributed by atoms with Crippen LogP contribution in [0.3, 0.4) is 0 Å². The molecule has 0 saturated carbocycles. The Balaban J connectivity index is 1.47. The summed E-state index contributed by atoms with van der Waals surface area (Å²) in [5.74, 6) is 0. The molecule has 5 aromatic carbocycles. The molecule has 0 amide bonds. The molecule has 0 saturated heterocycles. The zero-order valence-electron chi connectivity index (χ0n) is 20.6. The zero-order chi connectivity index (χ0) is 24.7. The molecular formula is C32H30N4. The molecule has 36 heavy (non-hydrogen) atoms. The number of benzene rings is 5. The highest BCUT2D eigenvalue weighted by atomic mass is 15.5. The first-order valence-corrected chi connectivity index (χ1v) is 12.1. The summed E-state index contributed by atoms with van der Waals surface area (Å²) in [5.41, 5.74) is 15.9. The summed E-state index contributed by atoms with van der Waals surface area (Å²) in [4.78, 5) is 0. The molecule has 5 aromatic rings. The van der Waals surface area contributed by atoms with E-state index in [0.717, 1.165) is 34.1 Å². The number of anilines is 6. The topological polar surface area (TPSA) is 30.5 Å². The molecule has 0 aliphatic rings. The van der Waals surface area contributed by atoms with Crippen molar-refractivity contribution >= 4 is 34.1 Å². The molecule has 0 aromatic heterocycles. The number of hydrazine groups is 2. The Morgan fingerprint density at radius 2 is 0.667 bits per heavy atom. The minimum Gasteiger partial charge on any atom is -0.294 e. The summed E-state index contributed by atoms with van der Waals surface area (Å²) in [6, 6.07) is 46.1. The summed E-state index contributed by atoms with van der Waals surface area (Å²) >= 11 is 0. The van der Waals surface area contributed by atoms with Gasteiger partial charge in [-0.2, -0.15) is 0 Å². The molecule has 0 heterocycles. The third kappa shape index (κ3) is 5.50. The first-order chi connectivity index (χ1) is 17.7. The first-order valence-electron chi connectivity index (χ1n) is 12.1. The Morgan fingerprint density at radius 1 is 0.361 bits per heavy atom. The van der Waals surface area contributed by atoms with Gasteiger partial charge in [0.15, 0.2) is 0 Å². The van der Waals surface area contributed by atoms with Crippen LogP contribution in [0, 0.1) is 13.8 Å². The van der Waals surface area contributed by atoms with Crippen LogP contribution in [0.1, 0.15) is 11.1 Å². The van der Waals surface area contributed by atoms with Crippen molar-refractivity contribution in [3.05, 3.63) is 145 Å². The van der Waals surface area contributed by atoms with Crippen molar-refractivity contribution < 1.29 is 0 Å². The van der Waals surface area contributed by atoms with Crippen molar-refractivity contribution in [2.75, 3.05) is 20.9 Å². The second-order valence-corrected chi connectivity index (χ2v) is 8.81. The number of para-hydroxylation sites is 2. The van der Waals surface area contributed by atoms with E-state index in [-0.39, 0.29) is 0 Å². The molecule has 0 radical (unpaired) electrons. The van der Waals surface area contributed by atoms with Gasteiger partial charge in [-0.15, -0.1) is 0 Å². The van der Waals surface area contributed by atoms with Crippen LogP contribution in [0.5, 0.6) is 0 Å². The van der Waals surface area contributed by atoms with Gasteiger partial charge in [0, 0.05) is 0 Å². The van der Waals surface area contributed by atoms with E-state index in [9.17, 15) is 0 Å². The van der Waals surface area contributed by atoms with E-state index < -0.39 is 0 Å². The van der Waals surface area contributed by atoms with Crippen molar-refractivity contribution in [1.29, 1.82) is 0 Å². The maximum absolute atomic E-state index is 3.57. The fourth-order valence-electron chi connectivity index (χ4n) is 3.98. The van der Waals surface area contributed by atoms with Gasteiger partial charge in [-0.05, 0) is 86.6 Å². The van der Waals surface area contributed by atoms with Crippen LogP contribution in [0.4, 0.5) is 34.1 Å². The van der Waals surface area contributed by atoms with Gasteiger partial charge in [-0.1, -0.05) is 71.8 Å². The molecule has 0 spiro atoms. The Hall–Kier alpha value is -4.70. The van der Waals surface area contributed by atoms with Gasteiger partial charge in [0.05, 0.1) is 34.1 Å². The number of nitrogens with one attached hydrogen (secondary N) is 2. The molecule has 0 bridgehead atoms. The van der Waals surface area contributed by atoms with Crippen molar-refractivity contribution in [2.45, 2.75) is 13.8 Å². The predicted octanol–water partition coefficient (Wildman–Crippen LogP) is 8.63. The van der Waals surface area contributed by atoms with Crippen LogP contribution in [0.2, 0.25) is 0 Å². The molecule has 4 heteroatoms. The minimum atomic E-state index is 1.03. The molecule has 0 aliphatic heterocycles. The van der Waals surface area contributed by atoms with Crippen LogP contribution in [-0.4, -0.2) is 0 Å². The standard InChI is InChI=1S/C32H30N4/c1-25-13-17-27(18-14-25)33-35(29-9-5-3-6-10-29)31-21-23-32(24-22-31)36(30-11-7-4-8-12-30)34-28-19-15-26(2)16-20-28/h3-24,33-34H,1-2H3. The van der Waals surface area contributed by atoms with Crippen LogP contribution in [-0.2, 0) is 0 Å². The monoisotopic (exact) mass is 470 g/mol. The highest BCUT2D eigenvalue weighted by Crippen LogP contribution is 2.31. The predicted molar refractivity (Wildman–Crippen MR) is 153 cm³/mol. The average Bonchev–Trinajstić information content (AvgIpc) is 2.94. The molecule has 4 nitrogen and oxygen atoms in total. The first kappa shape index (κ1) is 23.1. The van der Waals surface area contributed by atoms with Crippen LogP contribution < -0.4 is 20.9 Å². The van der Waals surface area contributed by atoms with Gasteiger partial charge in [0.2, 0.25) is 0 Å². The summed E-state index contributed by atoms with van der Waals surface area (Å²) in [6.07, 6.45) is 0. The third-order valence-electron chi connectivity index (χ3n) is 5.98. The van der Waals surface area contributed by atoms with Crippen LogP contribution in [0.15, 0.2) is 133 Å². The maximum Gasteiger partial charge on any atom is 0.0632 e. The molecule has 0 atom stereocenters. The van der Waals surface area contributed by atoms with Crippen LogP contribution in [0.25, 0.3) is 0 Å². The van der Waals surface area contributed by atoms with Crippen molar-refractivity contribution in [3.8, 4) is 0 Å². The second-order valence-electron chi connectivity index (χ2n) is 8.81. The third-order valence-corrected chi connectivity index (χ3v) is 5.98. The molecule has 178 valence electrons. The molecule has 0 aliphatic carbocycles. The Bertz CT molecular complexity index is 1260. The van der Waals surface area contributed by atoms with Crippen molar-refractivity contribution in [2.24, 2.45) is 0 Å². The minimum absolute atomic E-state index is 1.03. The lowest BCUT2D eigenvalue weighted by atomic mass is 10.2. The van der Waals surface area contributed by atoms with E-state index in [2.05, 4.69) is 156 Å². The number of hydrogen-bond acceptors (Lipinski definition) is 4. The van der Waals surface area contributed by atoms with E-state index in [4.69, 9.17) is 0 Å². The zero-order valence-corrected chi connectivity index (χ0v) is 20.6. The van der Waals surface area contributed by atoms with E-state index in [1.807, 2.05) is 12.1 Å². The summed E-state index contributed by atoms with van der Waals surface area (Å²) < 4.78 is 0. The smallest absolute Gasteiger partial charge is 0.0632 e. The molecule has 2 N–H and O–H groups in total. The Kier molecular flexibility index (Phi) is 6.86. The number of nitrogens with zero attached hydrogens (tertiary/aromatic N) is 2. The lowest BCUT2D eigenvalue weighted by Crippen LogP contribution is -2.26. The molecule has 5 rings (SSSR count). The second kappa shape index (κ2) is 10.7. The van der Waals surface area contributed by atoms with Gasteiger partial charge in [-0.3, -0.25) is 20.9 Å². The lowest BCUT2D eigenvalue weighted by Gasteiger charge is -2.29. The van der Waals surface area contributed by atoms with Crippen molar-refractivity contribution in [1.82, 2.24) is 0 Å². The fraction of sp³-hybridized carbons (Fsp3) is 0.0625. The van der Waals surface area contributed by atoms with Gasteiger partial charge in [0.1, 0.15) is 0 Å². The quantitative estimate of drug-likeness (QED) is 0.222. The lowest BCUT2D eigenvalue weighted by molar-refractivity contribution is 1.14. The SMILES string of the molecule is Cc1ccc(NN(c2ccccc2)c2ccc(N(Nc3ccc(C)cc3)c3ccccc3)cc2)cc1. The molecular weight excluding hydrogens is 440 g/mol. The normalized spacial score (nSPS) is 10.5. The summed E-state index contributed by atoms with van der Waals surface area (Å²) in [6.45, 7) is 4.20. The summed E-state index contributed by atoms with van der Waals surface area (Å²) in [7, 11) is 0. The van der Waals surface area contributed by atoms with E-state index in [1.54, 1.807) is 0 Å². The fourth-order valence-corrected chi connectivity index (χ4v) is 3.98. The van der Waals surface area contributed by atoms with E-state index >= 15 is 0 Å². The Labute approximate surface area is 213 Å². The van der Waals surface area contributed by atoms with Gasteiger partial charge >= 0.3 is 0 Å². The van der Waals surface area contributed by atoms with E-state index in [0.29, 0.717) is 0 Å². The maximum atomic E-state index is 3.57. The van der Waals surface area contributed by atoms with Crippen molar-refractivity contribution in [3.63, 3.8) is 0 Å². The van der Waals surface area contributed by atoms with Crippen LogP contribution >= 0.6 is 0 Å². The number of rotatable bonds is 8. The van der Waals surface area contributed by atoms with E-state index in [1.165, 1.54) is 11.1 Å². The van der Waals surface area contributed by atoms with Gasteiger partial charge in [0.25, 0.3) is 0 Å². The molecule has 0 unspecified atom stereocenters. The number of aryl methyl sites for hydroxylation is 2.